The van der Waals surface area contributed by atoms with Gasteiger partial charge in [-0.15, -0.1) is 0 Å². The third-order valence-electron chi connectivity index (χ3n) is 4.32. The van der Waals surface area contributed by atoms with Crippen molar-refractivity contribution in [1.29, 1.82) is 0 Å². The number of carbonyl (C=O) groups excluding carboxylic acids is 1. The second-order valence-corrected chi connectivity index (χ2v) is 7.91. The Morgan fingerprint density at radius 3 is 2.29 bits per heavy atom. The number of hydrogen-bond donors (Lipinski definition) is 2. The SMILES string of the molecule is CCN(CC)C(C)CNC(=O)c1ccc(S(=O)(=O)NC2CC2)cc1. The fraction of sp³-hybridized carbons (Fsp3) is 0.588. The van der Waals surface area contributed by atoms with Crippen LogP contribution >= 0.6 is 0 Å². The van der Waals surface area contributed by atoms with Crippen LogP contribution in [0.25, 0.3) is 0 Å². The molecule has 1 unspecified atom stereocenters. The van der Waals surface area contributed by atoms with Gasteiger partial charge < -0.3 is 5.32 Å². The number of likely N-dealkylation sites (N-methyl/N-ethyl adjacent to an activating group) is 1. The van der Waals surface area contributed by atoms with Gasteiger partial charge in [-0.05, 0) is 57.1 Å². The Morgan fingerprint density at radius 2 is 1.79 bits per heavy atom. The Labute approximate surface area is 144 Å². The van der Waals surface area contributed by atoms with Crippen molar-refractivity contribution in [3.63, 3.8) is 0 Å². The molecule has 0 bridgehead atoms. The molecular formula is C17H27N3O3S. The van der Waals surface area contributed by atoms with Crippen LogP contribution in [0.2, 0.25) is 0 Å². The quantitative estimate of drug-likeness (QED) is 0.707. The maximum atomic E-state index is 12.2. The van der Waals surface area contributed by atoms with Gasteiger partial charge in [0.25, 0.3) is 5.91 Å². The predicted octanol–water partition coefficient (Wildman–Crippen LogP) is 1.59. The molecule has 1 saturated carbocycles. The van der Waals surface area contributed by atoms with Gasteiger partial charge in [0.15, 0.2) is 0 Å². The Kier molecular flexibility index (Phi) is 6.37. The molecule has 1 atom stereocenters. The standard InChI is InChI=1S/C17H27N3O3S/c1-4-20(5-2)13(3)12-18-17(21)14-6-10-16(11-7-14)24(22,23)19-15-8-9-15/h6-7,10-11,13,15,19H,4-5,8-9,12H2,1-3H3,(H,18,21). The van der Waals surface area contributed by atoms with Gasteiger partial charge in [-0.3, -0.25) is 9.69 Å². The number of carbonyl (C=O) groups is 1. The van der Waals surface area contributed by atoms with Crippen LogP contribution < -0.4 is 10.0 Å². The van der Waals surface area contributed by atoms with Crippen LogP contribution in [0.4, 0.5) is 0 Å². The number of hydrogen-bond acceptors (Lipinski definition) is 4. The van der Waals surface area contributed by atoms with E-state index in [4.69, 9.17) is 0 Å². The van der Waals surface area contributed by atoms with Crippen molar-refractivity contribution in [3.05, 3.63) is 29.8 Å². The molecule has 0 spiro atoms. The predicted molar refractivity (Wildman–Crippen MR) is 94.5 cm³/mol. The lowest BCUT2D eigenvalue weighted by atomic mass is 10.2. The van der Waals surface area contributed by atoms with Gasteiger partial charge in [0.2, 0.25) is 10.0 Å². The molecule has 24 heavy (non-hydrogen) atoms. The van der Waals surface area contributed by atoms with Crippen molar-refractivity contribution in [3.8, 4) is 0 Å². The van der Waals surface area contributed by atoms with Gasteiger partial charge in [0.1, 0.15) is 0 Å². The third-order valence-corrected chi connectivity index (χ3v) is 5.86. The van der Waals surface area contributed by atoms with Crippen molar-refractivity contribution in [2.75, 3.05) is 19.6 Å². The summed E-state index contributed by atoms with van der Waals surface area (Å²) < 4.78 is 26.8. The van der Waals surface area contributed by atoms with Gasteiger partial charge in [-0.25, -0.2) is 13.1 Å². The van der Waals surface area contributed by atoms with Gasteiger partial charge in [0, 0.05) is 24.2 Å². The Hall–Kier alpha value is -1.44. The van der Waals surface area contributed by atoms with Gasteiger partial charge in [-0.2, -0.15) is 0 Å². The monoisotopic (exact) mass is 353 g/mol. The summed E-state index contributed by atoms with van der Waals surface area (Å²) in [6.45, 7) is 8.70. The number of benzene rings is 1. The molecule has 0 radical (unpaired) electrons. The lowest BCUT2D eigenvalue weighted by Crippen LogP contribution is -2.42. The highest BCUT2D eigenvalue weighted by Gasteiger charge is 2.28. The first-order chi connectivity index (χ1) is 11.4. The fourth-order valence-electron chi connectivity index (χ4n) is 2.59. The summed E-state index contributed by atoms with van der Waals surface area (Å²) in [4.78, 5) is 14.7. The second-order valence-electron chi connectivity index (χ2n) is 6.20. The van der Waals surface area contributed by atoms with E-state index in [-0.39, 0.29) is 22.9 Å². The Bertz CT molecular complexity index is 650. The lowest BCUT2D eigenvalue weighted by Gasteiger charge is -2.26. The maximum absolute atomic E-state index is 12.2. The molecule has 0 aliphatic heterocycles. The molecule has 0 aromatic heterocycles. The van der Waals surface area contributed by atoms with Gasteiger partial charge in [0.05, 0.1) is 4.90 Å². The molecule has 1 aliphatic carbocycles. The molecule has 1 aliphatic rings. The minimum atomic E-state index is -3.47. The largest absolute Gasteiger partial charge is 0.350 e. The van der Waals surface area contributed by atoms with E-state index >= 15 is 0 Å². The van der Waals surface area contributed by atoms with E-state index in [1.165, 1.54) is 12.1 Å². The summed E-state index contributed by atoms with van der Waals surface area (Å²) in [5.41, 5.74) is 0.465. The number of sulfonamides is 1. The molecule has 7 heteroatoms. The first kappa shape index (κ1) is 18.9. The van der Waals surface area contributed by atoms with Gasteiger partial charge in [-0.1, -0.05) is 13.8 Å². The number of nitrogens with zero attached hydrogens (tertiary/aromatic N) is 1. The molecule has 2 N–H and O–H groups in total. The number of rotatable bonds is 9. The van der Waals surface area contributed by atoms with Gasteiger partial charge >= 0.3 is 0 Å². The van der Waals surface area contributed by atoms with Crippen LogP contribution in [0.1, 0.15) is 44.0 Å². The first-order valence-corrected chi connectivity index (χ1v) is 10.00. The van der Waals surface area contributed by atoms with E-state index in [9.17, 15) is 13.2 Å². The average Bonchev–Trinajstić information content (AvgIpc) is 3.37. The average molecular weight is 353 g/mol. The van der Waals surface area contributed by atoms with Crippen LogP contribution in [-0.2, 0) is 10.0 Å². The molecular weight excluding hydrogens is 326 g/mol. The number of amides is 1. The van der Waals surface area contributed by atoms with Crippen molar-refractivity contribution in [2.45, 2.75) is 50.6 Å². The molecule has 134 valence electrons. The van der Waals surface area contributed by atoms with E-state index < -0.39 is 10.0 Å². The summed E-state index contributed by atoms with van der Waals surface area (Å²) in [5, 5.41) is 2.90. The summed E-state index contributed by atoms with van der Waals surface area (Å²) in [6.07, 6.45) is 1.79. The highest BCUT2D eigenvalue weighted by Crippen LogP contribution is 2.22. The highest BCUT2D eigenvalue weighted by atomic mass is 32.2. The zero-order valence-corrected chi connectivity index (χ0v) is 15.4. The summed E-state index contributed by atoms with van der Waals surface area (Å²) >= 11 is 0. The normalized spacial score (nSPS) is 16.2. The second kappa shape index (κ2) is 8.09. The molecule has 0 heterocycles. The van der Waals surface area contributed by atoms with Crippen molar-refractivity contribution >= 4 is 15.9 Å². The minimum absolute atomic E-state index is 0.0690. The molecule has 1 aromatic rings. The maximum Gasteiger partial charge on any atom is 0.251 e. The van der Waals surface area contributed by atoms with Crippen LogP contribution in [0.3, 0.4) is 0 Å². The smallest absolute Gasteiger partial charge is 0.251 e. The Morgan fingerprint density at radius 1 is 1.21 bits per heavy atom. The molecule has 1 amide bonds. The van der Waals surface area contributed by atoms with E-state index in [0.29, 0.717) is 12.1 Å². The van der Waals surface area contributed by atoms with Crippen molar-refractivity contribution < 1.29 is 13.2 Å². The zero-order valence-electron chi connectivity index (χ0n) is 14.6. The third kappa shape index (κ3) is 5.03. The van der Waals surface area contributed by atoms with Crippen molar-refractivity contribution in [2.24, 2.45) is 0 Å². The lowest BCUT2D eigenvalue weighted by molar-refractivity contribution is 0.0938. The molecule has 0 saturated heterocycles. The van der Waals surface area contributed by atoms with Crippen molar-refractivity contribution in [1.82, 2.24) is 14.9 Å². The van der Waals surface area contributed by atoms with Crippen LogP contribution in [-0.4, -0.2) is 50.9 Å². The Balaban J connectivity index is 1.93. The van der Waals surface area contributed by atoms with Crippen LogP contribution in [0.5, 0.6) is 0 Å². The molecule has 1 fully saturated rings. The minimum Gasteiger partial charge on any atom is -0.350 e. The zero-order chi connectivity index (χ0) is 17.7. The van der Waals surface area contributed by atoms with E-state index in [0.717, 1.165) is 25.9 Å². The summed E-state index contributed by atoms with van der Waals surface area (Å²) in [7, 11) is -3.47. The summed E-state index contributed by atoms with van der Waals surface area (Å²) in [6, 6.07) is 6.39. The molecule has 6 nitrogen and oxygen atoms in total. The highest BCUT2D eigenvalue weighted by molar-refractivity contribution is 7.89. The fourth-order valence-corrected chi connectivity index (χ4v) is 3.90. The molecule has 2 rings (SSSR count). The molecule has 1 aromatic carbocycles. The van der Waals surface area contributed by atoms with E-state index in [1.54, 1.807) is 12.1 Å². The topological polar surface area (TPSA) is 78.5 Å². The first-order valence-electron chi connectivity index (χ1n) is 8.52. The van der Waals surface area contributed by atoms with E-state index in [2.05, 4.69) is 35.7 Å². The van der Waals surface area contributed by atoms with E-state index in [1.807, 2.05) is 0 Å². The van der Waals surface area contributed by atoms with Crippen LogP contribution in [0, 0.1) is 0 Å². The van der Waals surface area contributed by atoms with Crippen LogP contribution in [0.15, 0.2) is 29.2 Å². The summed E-state index contributed by atoms with van der Waals surface area (Å²) in [5.74, 6) is -0.187. The number of nitrogens with one attached hydrogen (secondary N) is 2.